The van der Waals surface area contributed by atoms with Crippen LogP contribution in [0.25, 0.3) is 0 Å². The summed E-state index contributed by atoms with van der Waals surface area (Å²) in [5.74, 6) is -0.667. The molecule has 2 aromatic rings. The second kappa shape index (κ2) is 6.12. The zero-order chi connectivity index (χ0) is 18.4. The molecule has 25 heavy (non-hydrogen) atoms. The smallest absolute Gasteiger partial charge is 0.261 e. The number of amides is 2. The van der Waals surface area contributed by atoms with Crippen LogP contribution in [0.5, 0.6) is 0 Å². The summed E-state index contributed by atoms with van der Waals surface area (Å²) in [6.45, 7) is 5.61. The number of halogens is 1. The molecule has 0 radical (unpaired) electrons. The molecule has 0 aromatic heterocycles. The largest absolute Gasteiger partial charge is 0.294 e. The van der Waals surface area contributed by atoms with Crippen molar-refractivity contribution in [3.63, 3.8) is 0 Å². The fourth-order valence-electron chi connectivity index (χ4n) is 2.80. The minimum absolute atomic E-state index is 0.0123. The third kappa shape index (κ3) is 3.10. The van der Waals surface area contributed by atoms with Crippen LogP contribution >= 0.6 is 11.6 Å². The molecule has 1 aliphatic rings. The molecular formula is C20H18ClNO3. The lowest BCUT2D eigenvalue weighted by molar-refractivity contribution is 0.0642. The van der Waals surface area contributed by atoms with Gasteiger partial charge in [0.25, 0.3) is 11.8 Å². The van der Waals surface area contributed by atoms with E-state index in [4.69, 9.17) is 11.6 Å². The van der Waals surface area contributed by atoms with Gasteiger partial charge in [-0.25, -0.2) is 0 Å². The molecule has 0 atom stereocenters. The van der Waals surface area contributed by atoms with Gasteiger partial charge in [-0.05, 0) is 23.8 Å². The van der Waals surface area contributed by atoms with Crippen molar-refractivity contribution < 1.29 is 14.4 Å². The van der Waals surface area contributed by atoms with Gasteiger partial charge in [-0.1, -0.05) is 56.6 Å². The molecule has 2 aromatic carbocycles. The average molecular weight is 356 g/mol. The Hall–Kier alpha value is -2.46. The molecule has 128 valence electrons. The normalized spacial score (nSPS) is 14.0. The maximum Gasteiger partial charge on any atom is 0.261 e. The van der Waals surface area contributed by atoms with Gasteiger partial charge in [0.15, 0.2) is 5.78 Å². The summed E-state index contributed by atoms with van der Waals surface area (Å²) in [7, 11) is 0. The molecule has 4 nitrogen and oxygen atoms in total. The van der Waals surface area contributed by atoms with E-state index in [9.17, 15) is 14.4 Å². The maximum absolute atomic E-state index is 12.4. The number of benzene rings is 2. The van der Waals surface area contributed by atoms with E-state index >= 15 is 0 Å². The maximum atomic E-state index is 12.4. The lowest BCUT2D eigenvalue weighted by Crippen LogP contribution is -2.29. The molecule has 0 spiro atoms. The number of nitrogens with zero attached hydrogens (tertiary/aromatic N) is 1. The zero-order valence-electron chi connectivity index (χ0n) is 14.3. The second-order valence-corrected chi connectivity index (χ2v) is 7.53. The van der Waals surface area contributed by atoms with Gasteiger partial charge in [0.1, 0.15) is 0 Å². The molecule has 0 fully saturated rings. The van der Waals surface area contributed by atoms with E-state index in [1.807, 2.05) is 20.8 Å². The third-order valence-electron chi connectivity index (χ3n) is 4.20. The highest BCUT2D eigenvalue weighted by molar-refractivity contribution is 6.32. The zero-order valence-corrected chi connectivity index (χ0v) is 15.1. The van der Waals surface area contributed by atoms with E-state index in [1.54, 1.807) is 42.5 Å². The first-order valence-electron chi connectivity index (χ1n) is 7.98. The number of fused-ring (bicyclic) bond motifs is 1. The van der Waals surface area contributed by atoms with Crippen LogP contribution in [0.15, 0.2) is 42.5 Å². The van der Waals surface area contributed by atoms with Gasteiger partial charge in [0.2, 0.25) is 0 Å². The minimum Gasteiger partial charge on any atom is -0.294 e. The number of carbonyl (C=O) groups is 3. The number of hydrogen-bond acceptors (Lipinski definition) is 3. The van der Waals surface area contributed by atoms with Crippen LogP contribution in [0.4, 0.5) is 0 Å². The Morgan fingerprint density at radius 2 is 1.56 bits per heavy atom. The first-order valence-corrected chi connectivity index (χ1v) is 8.36. The predicted molar refractivity (Wildman–Crippen MR) is 95.9 cm³/mol. The lowest BCUT2D eigenvalue weighted by Gasteiger charge is -2.18. The molecule has 0 aliphatic carbocycles. The van der Waals surface area contributed by atoms with Crippen LogP contribution < -0.4 is 0 Å². The van der Waals surface area contributed by atoms with Crippen molar-refractivity contribution in [3.05, 3.63) is 69.7 Å². The number of Topliss-reactive ketones (excluding diaryl/α,β-unsaturated/α-hetero) is 1. The molecule has 1 heterocycles. The highest BCUT2D eigenvalue weighted by atomic mass is 35.5. The first kappa shape index (κ1) is 17.4. The van der Waals surface area contributed by atoms with Gasteiger partial charge in [0, 0.05) is 16.0 Å². The molecule has 1 aliphatic heterocycles. The van der Waals surface area contributed by atoms with Crippen LogP contribution in [-0.4, -0.2) is 22.5 Å². The summed E-state index contributed by atoms with van der Waals surface area (Å²) >= 11 is 6.31. The number of carbonyl (C=O) groups excluding carboxylic acids is 3. The SMILES string of the molecule is CC(C)(C)C(=O)c1ccc(CN2C(=O)c3ccccc3C2=O)c(Cl)c1. The standard InChI is InChI=1S/C20H18ClNO3/c1-20(2,3)17(23)12-8-9-13(16(21)10-12)11-22-18(24)14-6-4-5-7-15(14)19(22)25/h4-10H,11H2,1-3H3. The van der Waals surface area contributed by atoms with Gasteiger partial charge >= 0.3 is 0 Å². The summed E-state index contributed by atoms with van der Waals surface area (Å²) in [5, 5.41) is 0.367. The van der Waals surface area contributed by atoms with Gasteiger partial charge in [-0.2, -0.15) is 0 Å². The monoisotopic (exact) mass is 355 g/mol. The van der Waals surface area contributed by atoms with Crippen molar-refractivity contribution in [3.8, 4) is 0 Å². The highest BCUT2D eigenvalue weighted by Gasteiger charge is 2.35. The summed E-state index contributed by atoms with van der Waals surface area (Å²) < 4.78 is 0. The van der Waals surface area contributed by atoms with Crippen molar-refractivity contribution in [1.29, 1.82) is 0 Å². The molecule has 0 bridgehead atoms. The third-order valence-corrected chi connectivity index (χ3v) is 4.55. The number of hydrogen-bond donors (Lipinski definition) is 0. The van der Waals surface area contributed by atoms with Crippen LogP contribution in [0.1, 0.15) is 57.4 Å². The van der Waals surface area contributed by atoms with E-state index < -0.39 is 5.41 Å². The summed E-state index contributed by atoms with van der Waals surface area (Å²) in [4.78, 5) is 38.4. The Bertz CT molecular complexity index is 861. The van der Waals surface area contributed by atoms with E-state index in [2.05, 4.69) is 0 Å². The van der Waals surface area contributed by atoms with E-state index in [-0.39, 0.29) is 24.1 Å². The summed E-state index contributed by atoms with van der Waals surface area (Å²) in [6.07, 6.45) is 0. The highest BCUT2D eigenvalue weighted by Crippen LogP contribution is 2.28. The Balaban J connectivity index is 1.87. The summed E-state index contributed by atoms with van der Waals surface area (Å²) in [5.41, 5.74) is 1.45. The molecular weight excluding hydrogens is 338 g/mol. The van der Waals surface area contributed by atoms with Crippen molar-refractivity contribution in [2.24, 2.45) is 5.41 Å². The van der Waals surface area contributed by atoms with Crippen LogP contribution in [0, 0.1) is 5.41 Å². The fraction of sp³-hybridized carbons (Fsp3) is 0.250. The Labute approximate surface area is 151 Å². The van der Waals surface area contributed by atoms with Crippen molar-refractivity contribution in [1.82, 2.24) is 4.90 Å². The second-order valence-electron chi connectivity index (χ2n) is 7.13. The van der Waals surface area contributed by atoms with Gasteiger partial charge < -0.3 is 0 Å². The molecule has 5 heteroatoms. The number of rotatable bonds is 3. The van der Waals surface area contributed by atoms with Crippen LogP contribution in [0.3, 0.4) is 0 Å². The Morgan fingerprint density at radius 3 is 2.04 bits per heavy atom. The molecule has 0 saturated carbocycles. The van der Waals surface area contributed by atoms with Crippen molar-refractivity contribution in [2.45, 2.75) is 27.3 Å². The Kier molecular flexibility index (Phi) is 4.25. The van der Waals surface area contributed by atoms with E-state index in [0.29, 0.717) is 27.3 Å². The lowest BCUT2D eigenvalue weighted by atomic mass is 9.86. The topological polar surface area (TPSA) is 54.5 Å². The van der Waals surface area contributed by atoms with Crippen molar-refractivity contribution in [2.75, 3.05) is 0 Å². The molecule has 0 saturated heterocycles. The van der Waals surface area contributed by atoms with E-state index in [0.717, 1.165) is 0 Å². The van der Waals surface area contributed by atoms with Gasteiger partial charge in [0.05, 0.1) is 17.7 Å². The number of imide groups is 1. The predicted octanol–water partition coefficient (Wildman–Crippen LogP) is 4.37. The molecule has 0 N–H and O–H groups in total. The summed E-state index contributed by atoms with van der Waals surface area (Å²) in [6, 6.07) is 11.7. The van der Waals surface area contributed by atoms with Crippen molar-refractivity contribution >= 4 is 29.2 Å². The molecule has 0 unspecified atom stereocenters. The number of ketones is 1. The van der Waals surface area contributed by atoms with E-state index in [1.165, 1.54) is 4.90 Å². The first-order chi connectivity index (χ1) is 11.7. The van der Waals surface area contributed by atoms with Crippen LogP contribution in [0.2, 0.25) is 5.02 Å². The molecule has 3 rings (SSSR count). The fourth-order valence-corrected chi connectivity index (χ4v) is 3.04. The Morgan fingerprint density at radius 1 is 1.00 bits per heavy atom. The minimum atomic E-state index is -0.507. The molecule has 2 amide bonds. The quantitative estimate of drug-likeness (QED) is 0.607. The van der Waals surface area contributed by atoms with Gasteiger partial charge in [-0.15, -0.1) is 0 Å². The van der Waals surface area contributed by atoms with Gasteiger partial charge in [-0.3, -0.25) is 19.3 Å². The average Bonchev–Trinajstić information content (AvgIpc) is 2.80. The van der Waals surface area contributed by atoms with Crippen LogP contribution in [-0.2, 0) is 6.54 Å².